The lowest BCUT2D eigenvalue weighted by atomic mass is 10.1. The summed E-state index contributed by atoms with van der Waals surface area (Å²) in [6, 6.07) is 21.7. The smallest absolute Gasteiger partial charge is 0.301 e. The number of carbonyl (C=O) groups excluding carboxylic acids is 1. The Bertz CT molecular complexity index is 2030. The number of aromatic nitrogens is 2. The molecule has 5 rings (SSSR count). The van der Waals surface area contributed by atoms with Gasteiger partial charge in [0.05, 0.1) is 28.5 Å². The Morgan fingerprint density at radius 3 is 2.15 bits per heavy atom. The third kappa shape index (κ3) is 10.4. The normalized spacial score (nSPS) is 11.4. The lowest BCUT2D eigenvalue weighted by molar-refractivity contribution is -0.116. The van der Waals surface area contributed by atoms with E-state index in [1.54, 1.807) is 18.2 Å². The van der Waals surface area contributed by atoms with Crippen LogP contribution in [0.25, 0.3) is 16.5 Å². The molecular weight excluding hydrogens is 719 g/mol. The number of azo groups is 1. The molecular formula is C40H45Cl3N6O3. The number of anilines is 3. The third-order valence-corrected chi connectivity index (χ3v) is 9.64. The Morgan fingerprint density at radius 2 is 1.46 bits per heavy atom. The minimum atomic E-state index is -0.562. The highest BCUT2D eigenvalue weighted by Crippen LogP contribution is 2.37. The number of aromatic amines is 1. The molecule has 52 heavy (non-hydrogen) atoms. The van der Waals surface area contributed by atoms with Gasteiger partial charge in [-0.2, -0.15) is 0 Å². The van der Waals surface area contributed by atoms with Crippen LogP contribution in [0.1, 0.15) is 84.0 Å². The van der Waals surface area contributed by atoms with E-state index in [2.05, 4.69) is 32.9 Å². The van der Waals surface area contributed by atoms with Crippen molar-refractivity contribution in [3.05, 3.63) is 98.2 Å². The highest BCUT2D eigenvalue weighted by Gasteiger charge is 2.21. The molecule has 0 aliphatic heterocycles. The number of unbranched alkanes of at least 4 members (excludes halogenated alkanes) is 10. The summed E-state index contributed by atoms with van der Waals surface area (Å²) in [6.07, 6.45) is 13.8. The zero-order valence-electron chi connectivity index (χ0n) is 29.6. The van der Waals surface area contributed by atoms with Gasteiger partial charge in [-0.15, -0.1) is 10.2 Å². The minimum absolute atomic E-state index is 0.0389. The second-order valence-electron chi connectivity index (χ2n) is 12.8. The maximum absolute atomic E-state index is 14.0. The van der Waals surface area contributed by atoms with E-state index in [-0.39, 0.29) is 33.1 Å². The van der Waals surface area contributed by atoms with Crippen molar-refractivity contribution in [1.29, 1.82) is 0 Å². The molecule has 1 amide bonds. The summed E-state index contributed by atoms with van der Waals surface area (Å²) >= 11 is 19.2. The van der Waals surface area contributed by atoms with Gasteiger partial charge in [0.1, 0.15) is 11.4 Å². The first-order valence-electron chi connectivity index (χ1n) is 17.9. The first-order chi connectivity index (χ1) is 25.3. The molecule has 4 aromatic carbocycles. The van der Waals surface area contributed by atoms with Crippen molar-refractivity contribution in [2.45, 2.75) is 84.0 Å². The standard InChI is InChI=1S/C40H45Cl3N6O3/c1-3-4-5-6-7-8-9-10-11-12-13-21-36(50)44-29-22-23-35(52-2)34(26-29)45-39-37(47-46-33-20-16-18-27-17-14-15-19-30(27)33)40(51)49(48-39)38-31(42)24-28(41)25-32(38)43/h14-20,22-26,45,48H,3-13,21H2,1-2H3,(H,44,50). The number of halogens is 3. The zero-order valence-corrected chi connectivity index (χ0v) is 31.9. The summed E-state index contributed by atoms with van der Waals surface area (Å²) < 4.78 is 6.81. The molecule has 0 radical (unpaired) electrons. The number of ether oxygens (including phenoxy) is 1. The van der Waals surface area contributed by atoms with Crippen molar-refractivity contribution in [2.24, 2.45) is 10.2 Å². The molecule has 5 aromatic rings. The molecule has 9 nitrogen and oxygen atoms in total. The Morgan fingerprint density at radius 1 is 0.808 bits per heavy atom. The molecule has 12 heteroatoms. The van der Waals surface area contributed by atoms with Crippen molar-refractivity contribution in [3.63, 3.8) is 0 Å². The number of nitrogens with one attached hydrogen (secondary N) is 3. The molecule has 0 bridgehead atoms. The molecule has 0 fully saturated rings. The average molecular weight is 764 g/mol. The molecule has 0 atom stereocenters. The topological polar surface area (TPSA) is 113 Å². The number of H-pyrrole nitrogens is 1. The van der Waals surface area contributed by atoms with Gasteiger partial charge in [-0.25, -0.2) is 4.68 Å². The molecule has 0 aliphatic rings. The Labute approximate surface area is 319 Å². The van der Waals surface area contributed by atoms with E-state index < -0.39 is 5.56 Å². The van der Waals surface area contributed by atoms with E-state index in [1.165, 1.54) is 75.3 Å². The van der Waals surface area contributed by atoms with Crippen LogP contribution >= 0.6 is 34.8 Å². The van der Waals surface area contributed by atoms with E-state index in [1.807, 2.05) is 42.5 Å². The van der Waals surface area contributed by atoms with Crippen LogP contribution in [-0.4, -0.2) is 22.8 Å². The fraction of sp³-hybridized carbons (Fsp3) is 0.350. The number of fused-ring (bicyclic) bond motifs is 1. The Hall–Kier alpha value is -4.31. The predicted octanol–water partition coefficient (Wildman–Crippen LogP) is 13.1. The highest BCUT2D eigenvalue weighted by atomic mass is 35.5. The van der Waals surface area contributed by atoms with Gasteiger partial charge in [0.2, 0.25) is 5.91 Å². The Balaban J connectivity index is 1.33. The van der Waals surface area contributed by atoms with E-state index in [4.69, 9.17) is 39.5 Å². The number of hydrogen-bond acceptors (Lipinski definition) is 6. The van der Waals surface area contributed by atoms with Crippen LogP contribution in [0.3, 0.4) is 0 Å². The first-order valence-corrected chi connectivity index (χ1v) is 19.1. The van der Waals surface area contributed by atoms with Gasteiger partial charge in [0.25, 0.3) is 0 Å². The minimum Gasteiger partial charge on any atom is -0.495 e. The fourth-order valence-electron chi connectivity index (χ4n) is 6.10. The number of benzene rings is 4. The SMILES string of the molecule is CCCCCCCCCCCCCC(=O)Nc1ccc(OC)c(Nc2[nH]n(-c3c(Cl)cc(Cl)cc3Cl)c(=O)c2N=Nc2cccc3ccccc23)c1. The molecule has 0 unspecified atom stereocenters. The van der Waals surface area contributed by atoms with Crippen LogP contribution in [0.15, 0.2) is 87.8 Å². The van der Waals surface area contributed by atoms with Crippen molar-refractivity contribution in [3.8, 4) is 11.4 Å². The molecule has 0 spiro atoms. The first kappa shape index (κ1) is 38.9. The maximum atomic E-state index is 14.0. The summed E-state index contributed by atoms with van der Waals surface area (Å²) in [4.78, 5) is 26.8. The summed E-state index contributed by atoms with van der Waals surface area (Å²) in [5.74, 6) is 0.596. The highest BCUT2D eigenvalue weighted by molar-refractivity contribution is 6.40. The molecule has 0 saturated carbocycles. The van der Waals surface area contributed by atoms with Gasteiger partial charge in [0, 0.05) is 22.5 Å². The third-order valence-electron chi connectivity index (χ3n) is 8.85. The molecule has 0 saturated heterocycles. The number of nitrogens with zero attached hydrogens (tertiary/aromatic N) is 3. The van der Waals surface area contributed by atoms with Gasteiger partial charge in [-0.3, -0.25) is 14.7 Å². The van der Waals surface area contributed by atoms with E-state index in [0.29, 0.717) is 34.3 Å². The van der Waals surface area contributed by atoms with Crippen molar-refractivity contribution < 1.29 is 9.53 Å². The van der Waals surface area contributed by atoms with E-state index in [0.717, 1.165) is 30.0 Å². The summed E-state index contributed by atoms with van der Waals surface area (Å²) in [6.45, 7) is 2.24. The number of amides is 1. The van der Waals surface area contributed by atoms with Crippen molar-refractivity contribution >= 4 is 80.0 Å². The second kappa shape index (κ2) is 19.5. The van der Waals surface area contributed by atoms with Gasteiger partial charge < -0.3 is 15.4 Å². The van der Waals surface area contributed by atoms with Crippen LogP contribution in [0.4, 0.5) is 28.6 Å². The van der Waals surface area contributed by atoms with Crippen molar-refractivity contribution in [1.82, 2.24) is 9.78 Å². The van der Waals surface area contributed by atoms with Gasteiger partial charge in [-0.1, -0.05) is 142 Å². The molecule has 1 heterocycles. The number of carbonyl (C=O) groups is 1. The number of rotatable bonds is 19. The molecule has 0 aliphatic carbocycles. The lowest BCUT2D eigenvalue weighted by Gasteiger charge is -2.13. The predicted molar refractivity (Wildman–Crippen MR) is 216 cm³/mol. The lowest BCUT2D eigenvalue weighted by Crippen LogP contribution is -2.15. The van der Waals surface area contributed by atoms with Gasteiger partial charge in [-0.05, 0) is 48.2 Å². The van der Waals surface area contributed by atoms with Gasteiger partial charge in [0.15, 0.2) is 11.5 Å². The summed E-state index contributed by atoms with van der Waals surface area (Å²) in [7, 11) is 1.54. The fourth-order valence-corrected chi connectivity index (χ4v) is 7.09. The largest absolute Gasteiger partial charge is 0.495 e. The maximum Gasteiger partial charge on any atom is 0.301 e. The van der Waals surface area contributed by atoms with Crippen molar-refractivity contribution in [2.75, 3.05) is 17.7 Å². The molecule has 1 aromatic heterocycles. The van der Waals surface area contributed by atoms with Crippen LogP contribution < -0.4 is 20.9 Å². The Kier molecular flexibility index (Phi) is 14.6. The van der Waals surface area contributed by atoms with Crippen LogP contribution in [0, 0.1) is 0 Å². The van der Waals surface area contributed by atoms with Gasteiger partial charge >= 0.3 is 5.56 Å². The summed E-state index contributed by atoms with van der Waals surface area (Å²) in [5, 5.41) is 20.7. The summed E-state index contributed by atoms with van der Waals surface area (Å²) in [5.41, 5.74) is 1.22. The zero-order chi connectivity index (χ0) is 36.9. The quantitative estimate of drug-likeness (QED) is 0.0574. The van der Waals surface area contributed by atoms with Crippen LogP contribution in [-0.2, 0) is 4.79 Å². The van der Waals surface area contributed by atoms with Crippen LogP contribution in [0.2, 0.25) is 15.1 Å². The monoisotopic (exact) mass is 762 g/mol. The van der Waals surface area contributed by atoms with E-state index >= 15 is 0 Å². The number of methoxy groups -OCH3 is 1. The average Bonchev–Trinajstić information content (AvgIpc) is 3.42. The molecule has 3 N–H and O–H groups in total. The van der Waals surface area contributed by atoms with Crippen LogP contribution in [0.5, 0.6) is 5.75 Å². The van der Waals surface area contributed by atoms with E-state index in [9.17, 15) is 9.59 Å². The molecule has 274 valence electrons. The number of hydrogen-bond donors (Lipinski definition) is 3. The second-order valence-corrected chi connectivity index (χ2v) is 14.0.